The summed E-state index contributed by atoms with van der Waals surface area (Å²) in [4.78, 5) is 13.7. The molecule has 2 fully saturated rings. The Morgan fingerprint density at radius 1 is 1.58 bits per heavy atom. The molecule has 26 heavy (non-hydrogen) atoms. The van der Waals surface area contributed by atoms with Gasteiger partial charge in [0.25, 0.3) is 0 Å². The average molecular weight is 390 g/mol. The molecular formula is C12H18N6O7S. The quantitative estimate of drug-likeness (QED) is 0.225. The largest absolute Gasteiger partial charge is 0.418 e. The van der Waals surface area contributed by atoms with Gasteiger partial charge in [-0.2, -0.15) is 13.5 Å². The Bertz CT molecular complexity index is 811. The average Bonchev–Trinajstić information content (AvgIpc) is 3.12. The number of amides is 2. The Hall–Kier alpha value is -2.42. The second-order valence-corrected chi connectivity index (χ2v) is 6.98. The van der Waals surface area contributed by atoms with Gasteiger partial charge in [0, 0.05) is 12.6 Å². The minimum Gasteiger partial charge on any atom is -0.383 e. The van der Waals surface area contributed by atoms with Crippen molar-refractivity contribution in [3.63, 3.8) is 0 Å². The topological polar surface area (TPSA) is 195 Å². The highest BCUT2D eigenvalue weighted by molar-refractivity contribution is 7.80. The van der Waals surface area contributed by atoms with Crippen molar-refractivity contribution in [1.82, 2.24) is 20.4 Å². The number of aliphatic hydroxyl groups excluding tert-OH is 1. The van der Waals surface area contributed by atoms with Crippen LogP contribution >= 0.6 is 0 Å². The van der Waals surface area contributed by atoms with Crippen LogP contribution in [0.4, 0.5) is 4.79 Å². The van der Waals surface area contributed by atoms with E-state index < -0.39 is 34.6 Å². The maximum atomic E-state index is 12.4. The third-order valence-electron chi connectivity index (χ3n) is 4.20. The van der Waals surface area contributed by atoms with Crippen molar-refractivity contribution in [2.24, 2.45) is 5.73 Å². The zero-order valence-corrected chi connectivity index (χ0v) is 14.2. The number of rotatable bonds is 6. The fourth-order valence-electron chi connectivity index (χ4n) is 3.06. The number of carbonyl (C=O) groups excluding carboxylic acids is 1. The number of aromatic nitrogens is 1. The molecule has 6 N–H and O–H groups in total. The summed E-state index contributed by atoms with van der Waals surface area (Å²) in [5, 5.41) is 24.0. The lowest BCUT2D eigenvalue weighted by molar-refractivity contribution is -0.0317. The number of urea groups is 1. The van der Waals surface area contributed by atoms with Crippen molar-refractivity contribution in [2.75, 3.05) is 13.1 Å². The van der Waals surface area contributed by atoms with Crippen LogP contribution in [0.25, 0.3) is 0 Å². The fourth-order valence-corrected chi connectivity index (χ4v) is 3.45. The maximum Gasteiger partial charge on any atom is 0.418 e. The van der Waals surface area contributed by atoms with Gasteiger partial charge in [-0.3, -0.25) is 9.96 Å². The summed E-state index contributed by atoms with van der Waals surface area (Å²) >= 11 is 0. The first kappa shape index (κ1) is 18.4. The fraction of sp³-hybridized carbons (Fsp3) is 0.583. The van der Waals surface area contributed by atoms with Gasteiger partial charge in [0.2, 0.25) is 0 Å². The van der Waals surface area contributed by atoms with Crippen molar-refractivity contribution in [2.45, 2.75) is 31.0 Å². The Morgan fingerprint density at radius 2 is 2.31 bits per heavy atom. The number of piperidine rings is 1. The molecule has 3 heterocycles. The molecule has 1 aromatic rings. The third kappa shape index (κ3) is 3.72. The maximum absolute atomic E-state index is 12.4. The molecule has 0 aliphatic carbocycles. The van der Waals surface area contributed by atoms with Gasteiger partial charge < -0.3 is 25.6 Å². The minimum atomic E-state index is -4.80. The number of hydrogen-bond donors (Lipinski definition) is 5. The molecule has 1 unspecified atom stereocenters. The summed E-state index contributed by atoms with van der Waals surface area (Å²) in [5.74, 6) is -0.169. The number of hydrogen-bond acceptors (Lipinski definition) is 8. The Morgan fingerprint density at radius 3 is 2.96 bits per heavy atom. The number of hydroxylamine groups is 2. The molecule has 2 aliphatic heterocycles. The molecule has 0 spiro atoms. The number of carbonyl (C=O) groups is 1. The molecule has 0 aromatic carbocycles. The van der Waals surface area contributed by atoms with Gasteiger partial charge in [0.1, 0.15) is 11.8 Å². The highest BCUT2D eigenvalue weighted by atomic mass is 32.3. The van der Waals surface area contributed by atoms with Gasteiger partial charge in [-0.25, -0.2) is 4.79 Å². The van der Waals surface area contributed by atoms with E-state index in [4.69, 9.17) is 20.2 Å². The first-order chi connectivity index (χ1) is 12.2. The smallest absolute Gasteiger partial charge is 0.383 e. The van der Waals surface area contributed by atoms with Gasteiger partial charge >= 0.3 is 16.4 Å². The molecule has 13 nitrogen and oxygen atoms in total. The summed E-state index contributed by atoms with van der Waals surface area (Å²) in [6.07, 6.45) is -0.195. The van der Waals surface area contributed by atoms with Crippen LogP contribution in [0.5, 0.6) is 0 Å². The van der Waals surface area contributed by atoms with Crippen LogP contribution in [-0.4, -0.2) is 64.3 Å². The number of fused-ring (bicyclic) bond motifs is 2. The number of guanidine groups is 1. The van der Waals surface area contributed by atoms with Crippen LogP contribution in [0.15, 0.2) is 10.6 Å². The van der Waals surface area contributed by atoms with E-state index in [0.29, 0.717) is 23.6 Å². The van der Waals surface area contributed by atoms with E-state index in [1.165, 1.54) is 11.0 Å². The Labute approximate surface area is 148 Å². The summed E-state index contributed by atoms with van der Waals surface area (Å²) in [6, 6.07) is -0.216. The second-order valence-electron chi connectivity index (χ2n) is 5.97. The van der Waals surface area contributed by atoms with Gasteiger partial charge in [-0.15, -0.1) is 4.28 Å². The van der Waals surface area contributed by atoms with E-state index in [9.17, 15) is 18.3 Å². The molecule has 2 aliphatic rings. The van der Waals surface area contributed by atoms with E-state index in [0.717, 1.165) is 0 Å². The lowest BCUT2D eigenvalue weighted by Gasteiger charge is -2.28. The van der Waals surface area contributed by atoms with Crippen LogP contribution in [0.1, 0.15) is 36.4 Å². The van der Waals surface area contributed by atoms with Crippen LogP contribution in [-0.2, 0) is 14.7 Å². The lowest BCUT2D eigenvalue weighted by Crippen LogP contribution is -2.35. The van der Waals surface area contributed by atoms with Gasteiger partial charge in [-0.05, 0) is 12.8 Å². The highest BCUT2D eigenvalue weighted by Crippen LogP contribution is 2.38. The molecule has 2 amide bonds. The first-order valence-corrected chi connectivity index (χ1v) is 9.01. The SMILES string of the molecule is N=C(N)NC[C@H](O)c1cc([C@@H]2CCC3CN2C(=O)N3OS(=O)(=O)O)no1. The van der Waals surface area contributed by atoms with Crippen LogP contribution < -0.4 is 11.1 Å². The number of nitrogens with two attached hydrogens (primary N) is 1. The molecular weight excluding hydrogens is 372 g/mol. The number of nitrogens with zero attached hydrogens (tertiary/aromatic N) is 3. The van der Waals surface area contributed by atoms with Crippen molar-refractivity contribution in [3.8, 4) is 0 Å². The molecule has 1 aromatic heterocycles. The predicted molar refractivity (Wildman–Crippen MR) is 83.7 cm³/mol. The van der Waals surface area contributed by atoms with E-state index >= 15 is 0 Å². The van der Waals surface area contributed by atoms with Crippen LogP contribution in [0, 0.1) is 5.41 Å². The van der Waals surface area contributed by atoms with E-state index in [1.807, 2.05) is 0 Å². The van der Waals surface area contributed by atoms with Crippen molar-refractivity contribution >= 4 is 22.4 Å². The molecule has 0 radical (unpaired) electrons. The lowest BCUT2D eigenvalue weighted by atomic mass is 9.98. The zero-order chi connectivity index (χ0) is 19.1. The summed E-state index contributed by atoms with van der Waals surface area (Å²) in [5.41, 5.74) is 5.54. The van der Waals surface area contributed by atoms with Gasteiger partial charge in [0.15, 0.2) is 11.7 Å². The normalized spacial score (nSPS) is 24.0. The van der Waals surface area contributed by atoms with Gasteiger partial charge in [-0.1, -0.05) is 5.16 Å². The summed E-state index contributed by atoms with van der Waals surface area (Å²) < 4.78 is 40.0. The van der Waals surface area contributed by atoms with Crippen molar-refractivity contribution < 1.29 is 31.7 Å². The predicted octanol–water partition coefficient (Wildman–Crippen LogP) is -1.13. The highest BCUT2D eigenvalue weighted by Gasteiger charge is 2.48. The molecule has 14 heteroatoms. The second kappa shape index (κ2) is 6.71. The van der Waals surface area contributed by atoms with Crippen molar-refractivity contribution in [1.29, 1.82) is 5.41 Å². The molecule has 3 atom stereocenters. The minimum absolute atomic E-state index is 0.0463. The molecule has 2 bridgehead atoms. The number of aliphatic hydroxyl groups is 1. The summed E-state index contributed by atoms with van der Waals surface area (Å²) in [7, 11) is -4.80. The van der Waals surface area contributed by atoms with E-state index in [-0.39, 0.29) is 24.8 Å². The van der Waals surface area contributed by atoms with Crippen molar-refractivity contribution in [3.05, 3.63) is 17.5 Å². The molecule has 0 saturated carbocycles. The molecule has 3 rings (SSSR count). The van der Waals surface area contributed by atoms with E-state index in [1.54, 1.807) is 0 Å². The Kier molecular flexibility index (Phi) is 4.74. The Balaban J connectivity index is 1.72. The first-order valence-electron chi connectivity index (χ1n) is 7.65. The molecule has 144 valence electrons. The summed E-state index contributed by atoms with van der Waals surface area (Å²) in [6.45, 7) is 0.158. The zero-order valence-electron chi connectivity index (χ0n) is 13.4. The third-order valence-corrected chi connectivity index (χ3v) is 4.55. The van der Waals surface area contributed by atoms with E-state index in [2.05, 4.69) is 14.8 Å². The standard InChI is InChI=1S/C12H18N6O7S/c13-11(14)15-4-9(19)10-3-7(16-24-10)8-2-1-6-5-17(8)12(20)18(6)25-26(21,22)23/h3,6,8-9,19H,1-2,4-5H2,(H4,13,14,15)(H,21,22,23)/t6?,8-,9-/m0/s1. The van der Waals surface area contributed by atoms with Crippen LogP contribution in [0.3, 0.4) is 0 Å². The van der Waals surface area contributed by atoms with Crippen LogP contribution in [0.2, 0.25) is 0 Å². The van der Waals surface area contributed by atoms with Gasteiger partial charge in [0.05, 0.1) is 18.6 Å². The monoisotopic (exact) mass is 390 g/mol. The molecule has 2 saturated heterocycles. The number of nitrogens with one attached hydrogen (secondary N) is 2.